The van der Waals surface area contributed by atoms with E-state index in [1.165, 1.54) is 116 Å². The Balaban J connectivity index is 4.22. The van der Waals surface area contributed by atoms with Crippen molar-refractivity contribution in [3.63, 3.8) is 0 Å². The van der Waals surface area contributed by atoms with Crippen LogP contribution in [0, 0.1) is 0 Å². The Labute approximate surface area is 312 Å². The number of allylic oxidation sites excluding steroid dienone is 4. The molecule has 0 amide bonds. The van der Waals surface area contributed by atoms with Crippen LogP contribution >= 0.6 is 7.82 Å². The molecule has 1 unspecified atom stereocenters. The molecule has 10 heteroatoms. The van der Waals surface area contributed by atoms with Gasteiger partial charge < -0.3 is 20.1 Å². The smallest absolute Gasteiger partial charge is 0.462 e. The second kappa shape index (κ2) is 38.2. The first-order valence-corrected chi connectivity index (χ1v) is 22.3. The van der Waals surface area contributed by atoms with E-state index in [0.717, 1.165) is 38.5 Å². The molecule has 0 aromatic carbocycles. The van der Waals surface area contributed by atoms with Crippen LogP contribution in [-0.2, 0) is 32.7 Å². The van der Waals surface area contributed by atoms with Crippen LogP contribution in [0.15, 0.2) is 24.3 Å². The summed E-state index contributed by atoms with van der Waals surface area (Å²) in [7, 11) is -4.38. The number of rotatable bonds is 39. The van der Waals surface area contributed by atoms with Gasteiger partial charge in [0.2, 0.25) is 0 Å². The largest absolute Gasteiger partial charge is 0.472 e. The van der Waals surface area contributed by atoms with Crippen molar-refractivity contribution < 1.29 is 37.6 Å². The summed E-state index contributed by atoms with van der Waals surface area (Å²) < 4.78 is 32.7. The molecule has 0 aromatic rings. The predicted octanol–water partition coefficient (Wildman–Crippen LogP) is 11.6. The van der Waals surface area contributed by atoms with E-state index in [1.807, 2.05) is 0 Å². The Morgan fingerprint density at radius 1 is 0.588 bits per heavy atom. The van der Waals surface area contributed by atoms with Crippen LogP contribution in [0.5, 0.6) is 0 Å². The molecule has 2 atom stereocenters. The van der Waals surface area contributed by atoms with Crippen molar-refractivity contribution in [2.45, 2.75) is 200 Å². The monoisotopic (exact) mass is 744 g/mol. The third kappa shape index (κ3) is 38.0. The number of hydrogen-bond acceptors (Lipinski definition) is 8. The van der Waals surface area contributed by atoms with Gasteiger partial charge in [-0.2, -0.15) is 0 Å². The van der Waals surface area contributed by atoms with Crippen molar-refractivity contribution in [1.29, 1.82) is 0 Å². The van der Waals surface area contributed by atoms with Crippen molar-refractivity contribution in [2.75, 3.05) is 26.4 Å². The van der Waals surface area contributed by atoms with Gasteiger partial charge in [-0.25, -0.2) is 4.57 Å². The molecule has 0 aliphatic heterocycles. The fraction of sp³-hybridized carbons (Fsp3) is 0.854. The number of phosphoric ester groups is 1. The Kier molecular flexibility index (Phi) is 37.1. The van der Waals surface area contributed by atoms with E-state index in [0.29, 0.717) is 12.8 Å². The Hall–Kier alpha value is -1.51. The van der Waals surface area contributed by atoms with Crippen molar-refractivity contribution in [3.8, 4) is 0 Å². The lowest BCUT2D eigenvalue weighted by atomic mass is 10.0. The summed E-state index contributed by atoms with van der Waals surface area (Å²) in [5.74, 6) is -0.876. The predicted molar refractivity (Wildman–Crippen MR) is 211 cm³/mol. The van der Waals surface area contributed by atoms with Gasteiger partial charge in [0.1, 0.15) is 6.61 Å². The van der Waals surface area contributed by atoms with E-state index in [-0.39, 0.29) is 32.6 Å². The molecule has 0 saturated carbocycles. The molecular formula is C41H78NO8P. The van der Waals surface area contributed by atoms with Crippen molar-refractivity contribution in [1.82, 2.24) is 0 Å². The number of hydrogen-bond donors (Lipinski definition) is 2. The minimum atomic E-state index is -4.38. The third-order valence-corrected chi connectivity index (χ3v) is 9.82. The van der Waals surface area contributed by atoms with E-state index in [9.17, 15) is 19.0 Å². The first kappa shape index (κ1) is 49.5. The highest BCUT2D eigenvalue weighted by Crippen LogP contribution is 2.43. The first-order valence-electron chi connectivity index (χ1n) is 20.8. The van der Waals surface area contributed by atoms with Gasteiger partial charge in [0.25, 0.3) is 0 Å². The van der Waals surface area contributed by atoms with Gasteiger partial charge in [0.05, 0.1) is 13.2 Å². The van der Waals surface area contributed by atoms with E-state index in [1.54, 1.807) is 0 Å². The van der Waals surface area contributed by atoms with Gasteiger partial charge in [-0.1, -0.05) is 167 Å². The molecule has 51 heavy (non-hydrogen) atoms. The number of carbonyl (C=O) groups excluding carboxylic acids is 2. The maximum absolute atomic E-state index is 12.5. The van der Waals surface area contributed by atoms with Gasteiger partial charge in [-0.3, -0.25) is 18.6 Å². The zero-order valence-corrected chi connectivity index (χ0v) is 33.7. The molecule has 0 radical (unpaired) electrons. The summed E-state index contributed by atoms with van der Waals surface area (Å²) in [5.41, 5.74) is 5.34. The lowest BCUT2D eigenvalue weighted by Gasteiger charge is -2.19. The van der Waals surface area contributed by atoms with Crippen LogP contribution in [0.25, 0.3) is 0 Å². The Morgan fingerprint density at radius 2 is 1.04 bits per heavy atom. The van der Waals surface area contributed by atoms with Gasteiger partial charge in [0, 0.05) is 19.4 Å². The fourth-order valence-electron chi connectivity index (χ4n) is 5.73. The fourth-order valence-corrected chi connectivity index (χ4v) is 6.50. The molecule has 300 valence electrons. The molecule has 9 nitrogen and oxygen atoms in total. The number of ether oxygens (including phenoxy) is 2. The van der Waals surface area contributed by atoms with Crippen molar-refractivity contribution >= 4 is 19.8 Å². The highest BCUT2D eigenvalue weighted by molar-refractivity contribution is 7.47. The van der Waals surface area contributed by atoms with E-state index < -0.39 is 32.5 Å². The summed E-state index contributed by atoms with van der Waals surface area (Å²) in [6.45, 7) is 3.69. The standard InChI is InChI=1S/C41H78NO8P/c1-3-5-7-9-11-13-15-17-18-19-20-22-23-25-27-29-31-33-40(43)47-37-39(38-49-51(45,46)48-36-35-42)50-41(44)34-32-30-28-26-24-21-16-14-12-10-8-6-4-2/h20,22,25,27,39H,3-19,21,23-24,26,28-38,42H2,1-2H3,(H,45,46)/b22-20+,27-25+/t39-/m1/s1. The molecule has 0 saturated heterocycles. The van der Waals surface area contributed by atoms with Crippen LogP contribution < -0.4 is 5.73 Å². The quantitative estimate of drug-likeness (QED) is 0.0273. The number of nitrogens with two attached hydrogens (primary N) is 1. The van der Waals surface area contributed by atoms with Crippen LogP contribution in [0.2, 0.25) is 0 Å². The summed E-state index contributed by atoms with van der Waals surface area (Å²) in [6.07, 6.45) is 39.3. The highest BCUT2D eigenvalue weighted by Gasteiger charge is 2.25. The lowest BCUT2D eigenvalue weighted by Crippen LogP contribution is -2.29. The SMILES string of the molecule is CCCCCCCCCCC/C=C/C/C=C/CCCC(=O)OC[C@H](COP(=O)(O)OCCN)OC(=O)CCCCCCCCCCCCCCC. The molecular weight excluding hydrogens is 665 g/mol. The van der Waals surface area contributed by atoms with E-state index in [4.69, 9.17) is 24.3 Å². The van der Waals surface area contributed by atoms with E-state index in [2.05, 4.69) is 38.2 Å². The number of phosphoric acid groups is 1. The number of esters is 2. The molecule has 0 bridgehead atoms. The molecule has 0 aliphatic carbocycles. The van der Waals surface area contributed by atoms with Crippen molar-refractivity contribution in [2.24, 2.45) is 5.73 Å². The molecule has 0 rings (SSSR count). The average molecular weight is 744 g/mol. The van der Waals surface area contributed by atoms with Crippen LogP contribution in [-0.4, -0.2) is 49.3 Å². The minimum absolute atomic E-state index is 0.0500. The van der Waals surface area contributed by atoms with E-state index >= 15 is 0 Å². The summed E-state index contributed by atoms with van der Waals surface area (Å²) in [6, 6.07) is 0. The third-order valence-electron chi connectivity index (χ3n) is 8.84. The number of carbonyl (C=O) groups is 2. The second-order valence-corrected chi connectivity index (χ2v) is 15.3. The molecule has 0 spiro atoms. The molecule has 3 N–H and O–H groups in total. The molecule has 0 aliphatic rings. The zero-order chi connectivity index (χ0) is 37.5. The zero-order valence-electron chi connectivity index (χ0n) is 32.8. The lowest BCUT2D eigenvalue weighted by molar-refractivity contribution is -0.161. The summed E-state index contributed by atoms with van der Waals surface area (Å²) >= 11 is 0. The Bertz CT molecular complexity index is 897. The maximum atomic E-state index is 12.5. The topological polar surface area (TPSA) is 134 Å². The normalized spacial score (nSPS) is 13.6. The number of unbranched alkanes of at least 4 members (excludes halogenated alkanes) is 22. The molecule has 0 aromatic heterocycles. The van der Waals surface area contributed by atoms with Gasteiger partial charge in [-0.15, -0.1) is 0 Å². The highest BCUT2D eigenvalue weighted by atomic mass is 31.2. The van der Waals surface area contributed by atoms with Gasteiger partial charge in [0.15, 0.2) is 6.10 Å². The second-order valence-electron chi connectivity index (χ2n) is 13.9. The van der Waals surface area contributed by atoms with Crippen molar-refractivity contribution in [3.05, 3.63) is 24.3 Å². The molecule has 0 heterocycles. The van der Waals surface area contributed by atoms with Gasteiger partial charge >= 0.3 is 19.8 Å². The maximum Gasteiger partial charge on any atom is 0.472 e. The average Bonchev–Trinajstić information content (AvgIpc) is 3.11. The summed E-state index contributed by atoms with van der Waals surface area (Å²) in [5, 5.41) is 0. The molecule has 0 fully saturated rings. The summed E-state index contributed by atoms with van der Waals surface area (Å²) in [4.78, 5) is 34.7. The Morgan fingerprint density at radius 3 is 1.55 bits per heavy atom. The van der Waals surface area contributed by atoms with Crippen LogP contribution in [0.4, 0.5) is 0 Å². The van der Waals surface area contributed by atoms with Crippen LogP contribution in [0.1, 0.15) is 194 Å². The first-order chi connectivity index (χ1) is 24.8. The van der Waals surface area contributed by atoms with Gasteiger partial charge in [-0.05, 0) is 38.5 Å². The minimum Gasteiger partial charge on any atom is -0.462 e. The van der Waals surface area contributed by atoms with Crippen LogP contribution in [0.3, 0.4) is 0 Å².